The number of anilines is 2. The zero-order valence-corrected chi connectivity index (χ0v) is 14.4. The second kappa shape index (κ2) is 5.91. The molecule has 0 spiro atoms. The molecule has 1 aliphatic heterocycles. The van der Waals surface area contributed by atoms with Gasteiger partial charge in [0.15, 0.2) is 5.65 Å². The zero-order valence-electron chi connectivity index (χ0n) is 12.2. The van der Waals surface area contributed by atoms with Crippen molar-refractivity contribution in [3.8, 4) is 0 Å². The lowest BCUT2D eigenvalue weighted by Gasteiger charge is -2.27. The smallest absolute Gasteiger partial charge is 0.229 e. The van der Waals surface area contributed by atoms with Crippen molar-refractivity contribution in [3.05, 3.63) is 3.70 Å². The van der Waals surface area contributed by atoms with E-state index >= 15 is 0 Å². The van der Waals surface area contributed by atoms with Crippen LogP contribution in [0.3, 0.4) is 0 Å². The first kappa shape index (κ1) is 14.8. The lowest BCUT2D eigenvalue weighted by atomic mass is 10.2. The number of hydrogen-bond donors (Lipinski definition) is 1. The van der Waals surface area contributed by atoms with Crippen LogP contribution in [0.25, 0.3) is 11.0 Å². The molecule has 2 aromatic rings. The second-order valence-electron chi connectivity index (χ2n) is 5.20. The van der Waals surface area contributed by atoms with Crippen molar-refractivity contribution in [2.45, 2.75) is 26.3 Å². The van der Waals surface area contributed by atoms with Gasteiger partial charge in [0.25, 0.3) is 0 Å². The minimum Gasteiger partial charge on any atom is -0.383 e. The Labute approximate surface area is 137 Å². The first-order valence-corrected chi connectivity index (χ1v) is 8.23. The van der Waals surface area contributed by atoms with E-state index in [-0.39, 0.29) is 6.04 Å². The number of nitrogens with two attached hydrogens (primary N) is 1. The van der Waals surface area contributed by atoms with E-state index in [2.05, 4.69) is 51.4 Å². The van der Waals surface area contributed by atoms with Crippen molar-refractivity contribution in [2.24, 2.45) is 0 Å². The summed E-state index contributed by atoms with van der Waals surface area (Å²) < 4.78 is 8.19. The fraction of sp³-hybridized carbons (Fsp3) is 0.615. The predicted octanol–water partition coefficient (Wildman–Crippen LogP) is 1.82. The van der Waals surface area contributed by atoms with Gasteiger partial charge in [-0.3, -0.25) is 0 Å². The maximum absolute atomic E-state index is 6.15. The van der Waals surface area contributed by atoms with Crippen molar-refractivity contribution in [3.63, 3.8) is 0 Å². The Morgan fingerprint density at radius 1 is 1.33 bits per heavy atom. The van der Waals surface area contributed by atoms with E-state index in [4.69, 9.17) is 15.5 Å². The lowest BCUT2D eigenvalue weighted by Crippen LogP contribution is -2.37. The van der Waals surface area contributed by atoms with Gasteiger partial charge in [0.05, 0.1) is 24.6 Å². The van der Waals surface area contributed by atoms with Gasteiger partial charge in [-0.15, -0.1) is 0 Å². The van der Waals surface area contributed by atoms with Crippen LogP contribution in [-0.4, -0.2) is 46.1 Å². The number of aromatic nitrogens is 4. The van der Waals surface area contributed by atoms with Gasteiger partial charge in [-0.25, -0.2) is 4.68 Å². The Morgan fingerprint density at radius 2 is 2.05 bits per heavy atom. The number of ether oxygens (including phenoxy) is 1. The number of hydrogen-bond acceptors (Lipinski definition) is 6. The van der Waals surface area contributed by atoms with E-state index in [9.17, 15) is 0 Å². The van der Waals surface area contributed by atoms with E-state index in [1.54, 1.807) is 0 Å². The second-order valence-corrected chi connectivity index (χ2v) is 6.22. The molecule has 7 nitrogen and oxygen atoms in total. The highest BCUT2D eigenvalue weighted by molar-refractivity contribution is 14.1. The standard InChI is InChI=1S/C13H19IN6O/c1-3-8(2)20-12-9(10(14)18-20)11(15)16-13(17-12)19-4-6-21-7-5-19/h8H,3-7H2,1-2H3,(H2,15,16,17)/t8-/m1/s1. The molecule has 3 rings (SSSR count). The van der Waals surface area contributed by atoms with Gasteiger partial charge in [0, 0.05) is 13.1 Å². The van der Waals surface area contributed by atoms with E-state index < -0.39 is 0 Å². The molecule has 0 saturated carbocycles. The normalized spacial score (nSPS) is 17.4. The summed E-state index contributed by atoms with van der Waals surface area (Å²) in [4.78, 5) is 11.3. The first-order chi connectivity index (χ1) is 10.1. The van der Waals surface area contributed by atoms with Crippen molar-refractivity contribution >= 4 is 45.4 Å². The predicted molar refractivity (Wildman–Crippen MR) is 90.5 cm³/mol. The molecule has 0 radical (unpaired) electrons. The topological polar surface area (TPSA) is 82.1 Å². The number of halogens is 1. The van der Waals surface area contributed by atoms with Crippen LogP contribution in [-0.2, 0) is 4.74 Å². The van der Waals surface area contributed by atoms with Gasteiger partial charge in [-0.1, -0.05) is 6.92 Å². The third kappa shape index (κ3) is 2.66. The first-order valence-electron chi connectivity index (χ1n) is 7.15. The van der Waals surface area contributed by atoms with E-state index in [0.717, 1.165) is 34.2 Å². The largest absolute Gasteiger partial charge is 0.383 e. The summed E-state index contributed by atoms with van der Waals surface area (Å²) >= 11 is 2.19. The van der Waals surface area contributed by atoms with Gasteiger partial charge in [-0.2, -0.15) is 15.1 Å². The molecule has 0 aromatic carbocycles. The Hall–Kier alpha value is -1.16. The average Bonchev–Trinajstić information content (AvgIpc) is 2.85. The fourth-order valence-corrected chi connectivity index (χ4v) is 3.14. The highest BCUT2D eigenvalue weighted by atomic mass is 127. The fourth-order valence-electron chi connectivity index (χ4n) is 2.39. The Morgan fingerprint density at radius 3 is 2.71 bits per heavy atom. The lowest BCUT2D eigenvalue weighted by molar-refractivity contribution is 0.122. The number of fused-ring (bicyclic) bond motifs is 1. The third-order valence-corrected chi connectivity index (χ3v) is 4.58. The molecule has 2 aromatic heterocycles. The van der Waals surface area contributed by atoms with Crippen LogP contribution in [0.1, 0.15) is 26.3 Å². The average molecular weight is 402 g/mol. The van der Waals surface area contributed by atoms with Crippen LogP contribution in [0.4, 0.5) is 11.8 Å². The summed E-state index contributed by atoms with van der Waals surface area (Å²) in [6.07, 6.45) is 0.990. The summed E-state index contributed by atoms with van der Waals surface area (Å²) in [6.45, 7) is 7.25. The zero-order chi connectivity index (χ0) is 15.0. The molecule has 0 bridgehead atoms. The molecule has 3 heterocycles. The van der Waals surface area contributed by atoms with Gasteiger partial charge >= 0.3 is 0 Å². The molecule has 21 heavy (non-hydrogen) atoms. The Kier molecular flexibility index (Phi) is 4.16. The molecule has 0 unspecified atom stereocenters. The van der Waals surface area contributed by atoms with Crippen molar-refractivity contribution in [1.82, 2.24) is 19.7 Å². The highest BCUT2D eigenvalue weighted by Gasteiger charge is 2.21. The number of nitrogens with zero attached hydrogens (tertiary/aromatic N) is 5. The Balaban J connectivity index is 2.12. The van der Waals surface area contributed by atoms with Crippen LogP contribution >= 0.6 is 22.6 Å². The number of rotatable bonds is 3. The summed E-state index contributed by atoms with van der Waals surface area (Å²) in [5, 5.41) is 5.44. The molecular formula is C13H19IN6O. The molecule has 0 amide bonds. The quantitative estimate of drug-likeness (QED) is 0.789. The summed E-state index contributed by atoms with van der Waals surface area (Å²) in [6, 6.07) is 0.280. The molecule has 0 aliphatic carbocycles. The highest BCUT2D eigenvalue weighted by Crippen LogP contribution is 2.28. The molecule has 1 aliphatic rings. The van der Waals surface area contributed by atoms with E-state index in [1.807, 2.05) is 4.68 Å². The molecule has 1 fully saturated rings. The van der Waals surface area contributed by atoms with Gasteiger partial charge in [0.2, 0.25) is 5.95 Å². The molecule has 114 valence electrons. The number of nitrogen functional groups attached to an aromatic ring is 1. The summed E-state index contributed by atoms with van der Waals surface area (Å²) in [7, 11) is 0. The third-order valence-electron chi connectivity index (χ3n) is 3.83. The van der Waals surface area contributed by atoms with Gasteiger partial charge < -0.3 is 15.4 Å². The van der Waals surface area contributed by atoms with Crippen LogP contribution in [0, 0.1) is 3.70 Å². The number of morpholine rings is 1. The van der Waals surface area contributed by atoms with Crippen molar-refractivity contribution < 1.29 is 4.74 Å². The summed E-state index contributed by atoms with van der Waals surface area (Å²) in [5.74, 6) is 1.17. The minimum atomic E-state index is 0.280. The van der Waals surface area contributed by atoms with E-state index in [1.165, 1.54) is 0 Å². The molecule has 8 heteroatoms. The monoisotopic (exact) mass is 402 g/mol. The van der Waals surface area contributed by atoms with Crippen LogP contribution in [0.2, 0.25) is 0 Å². The minimum absolute atomic E-state index is 0.280. The maximum atomic E-state index is 6.15. The van der Waals surface area contributed by atoms with Gasteiger partial charge in [0.1, 0.15) is 9.52 Å². The maximum Gasteiger partial charge on any atom is 0.229 e. The van der Waals surface area contributed by atoms with Crippen molar-refractivity contribution in [1.29, 1.82) is 0 Å². The van der Waals surface area contributed by atoms with Crippen LogP contribution in [0.15, 0.2) is 0 Å². The van der Waals surface area contributed by atoms with Crippen LogP contribution < -0.4 is 10.6 Å². The summed E-state index contributed by atoms with van der Waals surface area (Å²) in [5.41, 5.74) is 6.97. The van der Waals surface area contributed by atoms with Crippen LogP contribution in [0.5, 0.6) is 0 Å². The van der Waals surface area contributed by atoms with E-state index in [0.29, 0.717) is 25.0 Å². The molecule has 1 atom stereocenters. The van der Waals surface area contributed by atoms with Gasteiger partial charge in [-0.05, 0) is 35.9 Å². The SMILES string of the molecule is CC[C@@H](C)n1nc(I)c2c(N)nc(N3CCOCC3)nc21. The van der Waals surface area contributed by atoms with Crippen molar-refractivity contribution in [2.75, 3.05) is 36.9 Å². The molecule has 2 N–H and O–H groups in total. The molecular weight excluding hydrogens is 383 g/mol. The molecule has 1 saturated heterocycles. The Bertz CT molecular complexity index is 652.